The fourth-order valence-electron chi connectivity index (χ4n) is 9.77. The molecular weight excluding hydrogens is 751 g/mol. The van der Waals surface area contributed by atoms with E-state index in [9.17, 15) is 33.1 Å². The van der Waals surface area contributed by atoms with Gasteiger partial charge < -0.3 is 34.9 Å². The van der Waals surface area contributed by atoms with Gasteiger partial charge in [-0.3, -0.25) is 24.6 Å². The zero-order valence-electron chi connectivity index (χ0n) is 32.7. The molecule has 0 bridgehead atoms. The highest BCUT2D eigenvalue weighted by atomic mass is 19.1. The number of nitrogens with zero attached hydrogens (tertiary/aromatic N) is 8. The number of carbonyl (C=O) groups is 4. The van der Waals surface area contributed by atoms with Crippen LogP contribution in [-0.4, -0.2) is 142 Å². The zero-order chi connectivity index (χ0) is 40.5. The van der Waals surface area contributed by atoms with Crippen molar-refractivity contribution < 1.29 is 33.1 Å². The lowest BCUT2D eigenvalue weighted by Gasteiger charge is -2.51. The molecule has 58 heavy (non-hydrogen) atoms. The molecular formula is C41H48F2N10O5. The molecule has 1 unspecified atom stereocenters. The number of rotatable bonds is 5. The minimum atomic E-state index is -1.07. The lowest BCUT2D eigenvalue weighted by molar-refractivity contribution is -0.136. The van der Waals surface area contributed by atoms with Crippen LogP contribution in [0.25, 0.3) is 11.3 Å². The van der Waals surface area contributed by atoms with Crippen LogP contribution in [0.4, 0.5) is 30.8 Å². The quantitative estimate of drug-likeness (QED) is 0.326. The third kappa shape index (κ3) is 6.92. The molecule has 4 fully saturated rings. The molecule has 3 aromatic rings. The van der Waals surface area contributed by atoms with Crippen LogP contribution in [0.3, 0.4) is 0 Å². The molecule has 17 heteroatoms. The smallest absolute Gasteiger partial charge is 0.320 e. The van der Waals surface area contributed by atoms with Crippen molar-refractivity contribution in [2.24, 2.45) is 5.92 Å². The van der Waals surface area contributed by atoms with E-state index in [1.165, 1.54) is 0 Å². The van der Waals surface area contributed by atoms with Gasteiger partial charge in [0.1, 0.15) is 11.9 Å². The van der Waals surface area contributed by atoms with Gasteiger partial charge in [0.2, 0.25) is 11.8 Å². The van der Waals surface area contributed by atoms with Gasteiger partial charge in [0, 0.05) is 101 Å². The molecule has 1 aromatic heterocycles. The van der Waals surface area contributed by atoms with Crippen LogP contribution in [0.15, 0.2) is 36.4 Å². The number of benzene rings is 2. The van der Waals surface area contributed by atoms with Crippen LogP contribution in [0.5, 0.6) is 5.75 Å². The average molecular weight is 799 g/mol. The molecule has 15 nitrogen and oxygen atoms in total. The van der Waals surface area contributed by atoms with E-state index >= 15 is 0 Å². The fraction of sp³-hybridized carbons (Fsp3) is 0.512. The van der Waals surface area contributed by atoms with Gasteiger partial charge in [-0.05, 0) is 68.9 Å². The second-order valence-electron chi connectivity index (χ2n) is 17.1. The molecule has 2 aromatic carbocycles. The molecule has 0 radical (unpaired) electrons. The van der Waals surface area contributed by atoms with Crippen LogP contribution in [0, 0.1) is 17.6 Å². The van der Waals surface area contributed by atoms with Crippen molar-refractivity contribution in [2.75, 3.05) is 80.6 Å². The van der Waals surface area contributed by atoms with E-state index in [0.717, 1.165) is 62.9 Å². The largest absolute Gasteiger partial charge is 0.504 e. The first-order chi connectivity index (χ1) is 27.8. The van der Waals surface area contributed by atoms with E-state index in [-0.39, 0.29) is 47.1 Å². The van der Waals surface area contributed by atoms with Gasteiger partial charge in [-0.1, -0.05) is 6.07 Å². The zero-order valence-corrected chi connectivity index (χ0v) is 32.7. The van der Waals surface area contributed by atoms with Gasteiger partial charge in [-0.2, -0.15) is 0 Å². The maximum atomic E-state index is 14.1. The van der Waals surface area contributed by atoms with Crippen molar-refractivity contribution in [3.8, 4) is 17.0 Å². The summed E-state index contributed by atoms with van der Waals surface area (Å²) in [5.74, 6) is -2.38. The molecule has 0 saturated carbocycles. The number of aromatic nitrogens is 2. The lowest BCUT2D eigenvalue weighted by Crippen LogP contribution is -2.67. The van der Waals surface area contributed by atoms with E-state index in [0.29, 0.717) is 74.7 Å². The third-order valence-corrected chi connectivity index (χ3v) is 12.9. The summed E-state index contributed by atoms with van der Waals surface area (Å²) in [6, 6.07) is 8.69. The second kappa shape index (κ2) is 14.7. The number of nitrogens with one attached hydrogen (secondary N) is 2. The maximum Gasteiger partial charge on any atom is 0.320 e. The molecule has 0 spiro atoms. The number of phenolic OH excluding ortho intramolecular Hbond substituents is 1. The van der Waals surface area contributed by atoms with Gasteiger partial charge in [0.25, 0.3) is 5.91 Å². The highest BCUT2D eigenvalue weighted by Crippen LogP contribution is 2.38. The summed E-state index contributed by atoms with van der Waals surface area (Å²) in [6.45, 7) is 11.6. The van der Waals surface area contributed by atoms with Gasteiger partial charge in [-0.25, -0.2) is 13.6 Å². The summed E-state index contributed by atoms with van der Waals surface area (Å²) < 4.78 is 28.2. The molecule has 2 atom stereocenters. The monoisotopic (exact) mass is 798 g/mol. The maximum absolute atomic E-state index is 14.1. The Morgan fingerprint density at radius 3 is 2.52 bits per heavy atom. The summed E-state index contributed by atoms with van der Waals surface area (Å²) in [5, 5.41) is 24.3. The Morgan fingerprint density at radius 1 is 0.931 bits per heavy atom. The molecule has 7 heterocycles. The number of imide groups is 1. The number of halogens is 2. The van der Waals surface area contributed by atoms with Crippen LogP contribution >= 0.6 is 0 Å². The number of piperidine rings is 2. The summed E-state index contributed by atoms with van der Waals surface area (Å²) in [5.41, 5.74) is 2.95. The summed E-state index contributed by atoms with van der Waals surface area (Å²) in [7, 11) is 0. The number of amides is 5. The molecule has 9 rings (SSSR count). The molecule has 306 valence electrons. The van der Waals surface area contributed by atoms with E-state index in [1.807, 2.05) is 21.9 Å². The van der Waals surface area contributed by atoms with Crippen molar-refractivity contribution >= 4 is 40.9 Å². The number of hydrogen-bond donors (Lipinski definition) is 3. The number of piperazine rings is 2. The minimum absolute atomic E-state index is 0.0187. The third-order valence-electron chi connectivity index (χ3n) is 12.9. The molecule has 6 aliphatic heterocycles. The number of urea groups is 1. The number of hydrogen-bond acceptors (Lipinski definition) is 11. The van der Waals surface area contributed by atoms with Crippen molar-refractivity contribution in [1.29, 1.82) is 0 Å². The second-order valence-corrected chi connectivity index (χ2v) is 17.1. The molecule has 0 aliphatic carbocycles. The normalized spacial score (nSPS) is 23.7. The van der Waals surface area contributed by atoms with Crippen molar-refractivity contribution in [3.05, 3.63) is 59.2 Å². The van der Waals surface area contributed by atoms with E-state index in [2.05, 4.69) is 55.4 Å². The van der Waals surface area contributed by atoms with Crippen molar-refractivity contribution in [2.45, 2.75) is 63.7 Å². The van der Waals surface area contributed by atoms with Crippen LogP contribution < -0.4 is 20.4 Å². The highest BCUT2D eigenvalue weighted by Gasteiger charge is 2.43. The number of aromatic hydroxyl groups is 1. The van der Waals surface area contributed by atoms with Gasteiger partial charge in [-0.15, -0.1) is 10.2 Å². The number of carbonyl (C=O) groups excluding carboxylic acids is 4. The lowest BCUT2D eigenvalue weighted by atomic mass is 9.93. The Labute approximate surface area is 334 Å². The van der Waals surface area contributed by atoms with Crippen LogP contribution in [0.1, 0.15) is 55.5 Å². The first kappa shape index (κ1) is 38.0. The SMILES string of the molecule is CC1(C)CN(CC2CCN(c3ccc4c(c3)C(=O)N(C3CCC(=O)NC3=O)C4)CC2)CCN1C(=O)N1CCN2c3cc(-c4cc(F)cc(F)c4O)nnc3NC[C@H]2C1. The topological polar surface area (TPSA) is 158 Å². The standard InChI is InChI=1S/C41H48F2N10O5/c1-41(2)23-48(20-24-7-9-49(10-8-24)27-4-3-25-21-52(39(57)29(25)17-27)33-5-6-35(54)45-38(33)56)11-14-53(41)40(58)50-12-13-51-28(22-50)19-44-37-34(51)18-32(46-47-37)30-15-26(42)16-31(43)36(30)55/h3-4,15-18,24,28,33,55H,5-14,19-23H2,1-2H3,(H,44,47)(H,45,54,56)/t28-,33?/m0/s1. The van der Waals surface area contributed by atoms with Crippen LogP contribution in [-0.2, 0) is 16.1 Å². The minimum Gasteiger partial charge on any atom is -0.504 e. The van der Waals surface area contributed by atoms with E-state index in [1.54, 1.807) is 11.0 Å². The Balaban J connectivity index is 0.773. The number of phenols is 1. The fourth-order valence-corrected chi connectivity index (χ4v) is 9.77. The Bertz CT molecular complexity index is 2180. The van der Waals surface area contributed by atoms with E-state index < -0.39 is 29.3 Å². The van der Waals surface area contributed by atoms with Gasteiger partial charge >= 0.3 is 6.03 Å². The molecule has 4 saturated heterocycles. The highest BCUT2D eigenvalue weighted by molar-refractivity contribution is 6.05. The van der Waals surface area contributed by atoms with Gasteiger partial charge in [0.05, 0.1) is 23.0 Å². The predicted octanol–water partition coefficient (Wildman–Crippen LogP) is 3.24. The van der Waals surface area contributed by atoms with E-state index in [4.69, 9.17) is 0 Å². The molecule has 3 N–H and O–H groups in total. The molecule has 5 amide bonds. The Hall–Kier alpha value is -5.58. The Morgan fingerprint density at radius 2 is 1.74 bits per heavy atom. The summed E-state index contributed by atoms with van der Waals surface area (Å²) >= 11 is 0. The Kier molecular flexibility index (Phi) is 9.60. The first-order valence-electron chi connectivity index (χ1n) is 20.2. The van der Waals surface area contributed by atoms with Crippen LogP contribution in [0.2, 0.25) is 0 Å². The first-order valence-corrected chi connectivity index (χ1v) is 20.2. The van der Waals surface area contributed by atoms with Gasteiger partial charge in [0.15, 0.2) is 17.4 Å². The number of anilines is 3. The average Bonchev–Trinajstić information content (AvgIpc) is 3.53. The van der Waals surface area contributed by atoms with Crippen molar-refractivity contribution in [1.82, 2.24) is 35.1 Å². The predicted molar refractivity (Wildman–Crippen MR) is 210 cm³/mol. The summed E-state index contributed by atoms with van der Waals surface area (Å²) in [4.78, 5) is 64.1. The number of fused-ring (bicyclic) bond motifs is 4. The summed E-state index contributed by atoms with van der Waals surface area (Å²) in [6.07, 6.45) is 2.61. The molecule has 6 aliphatic rings. The van der Waals surface area contributed by atoms with Crippen molar-refractivity contribution in [3.63, 3.8) is 0 Å².